The zero-order valence-corrected chi connectivity index (χ0v) is 29.4. The minimum atomic E-state index is -3.54. The first-order valence-corrected chi connectivity index (χ1v) is 17.8. The highest BCUT2D eigenvalue weighted by atomic mass is 32.2. The molecule has 48 heavy (non-hydrogen) atoms. The number of ether oxygens (including phenoxy) is 2. The van der Waals surface area contributed by atoms with Gasteiger partial charge in [-0.05, 0) is 96.6 Å². The van der Waals surface area contributed by atoms with Gasteiger partial charge in [0.2, 0.25) is 17.8 Å². The lowest BCUT2D eigenvalue weighted by molar-refractivity contribution is -0.131. The van der Waals surface area contributed by atoms with Crippen LogP contribution in [0.2, 0.25) is 0 Å². The van der Waals surface area contributed by atoms with E-state index < -0.39 is 26.8 Å². The molecule has 0 unspecified atom stereocenters. The second-order valence-corrected chi connectivity index (χ2v) is 16.1. The lowest BCUT2D eigenvalue weighted by atomic mass is 9.82. The number of nitrogens with zero attached hydrogens (tertiary/aromatic N) is 4. The highest BCUT2D eigenvalue weighted by molar-refractivity contribution is 7.92. The Morgan fingerprint density at radius 1 is 1.06 bits per heavy atom. The predicted molar refractivity (Wildman–Crippen MR) is 183 cm³/mol. The number of para-hydroxylation sites is 1. The fraction of sp³-hybridized carbons (Fsp3) is 0.500. The smallest absolute Gasteiger partial charge is 0.408 e. The molecule has 0 spiro atoms. The Kier molecular flexibility index (Phi) is 10.1. The predicted octanol–water partition coefficient (Wildman–Crippen LogP) is 5.40. The third-order valence-electron chi connectivity index (χ3n) is 8.36. The molecule has 0 aliphatic carbocycles. The maximum absolute atomic E-state index is 12.9. The number of amides is 2. The topological polar surface area (TPSA) is 165 Å². The molecule has 0 saturated carbocycles. The largest absolute Gasteiger partial charge is 0.488 e. The monoisotopic (exact) mass is 679 g/mol. The van der Waals surface area contributed by atoms with Crippen molar-refractivity contribution in [3.8, 4) is 5.75 Å². The normalized spacial score (nSPS) is 16.7. The molecule has 2 aliphatic rings. The van der Waals surface area contributed by atoms with Crippen molar-refractivity contribution in [3.63, 3.8) is 0 Å². The van der Waals surface area contributed by atoms with E-state index in [0.29, 0.717) is 18.8 Å². The average molecular weight is 680 g/mol. The van der Waals surface area contributed by atoms with Crippen molar-refractivity contribution in [3.05, 3.63) is 53.3 Å². The number of fused-ring (bicyclic) bond motifs is 1. The van der Waals surface area contributed by atoms with Crippen LogP contribution in [-0.4, -0.2) is 76.9 Å². The minimum absolute atomic E-state index is 0.0170. The second-order valence-electron chi connectivity index (χ2n) is 13.6. The summed E-state index contributed by atoms with van der Waals surface area (Å²) in [7, 11) is -3.54. The fourth-order valence-electron chi connectivity index (χ4n) is 6.13. The third kappa shape index (κ3) is 7.97. The zero-order valence-electron chi connectivity index (χ0n) is 28.6. The van der Waals surface area contributed by atoms with Gasteiger partial charge in [0, 0.05) is 25.1 Å². The molecule has 2 aliphatic heterocycles. The van der Waals surface area contributed by atoms with Crippen LogP contribution < -0.4 is 20.7 Å². The van der Waals surface area contributed by atoms with Crippen LogP contribution in [0.25, 0.3) is 0 Å². The number of sulfone groups is 1. The molecule has 1 fully saturated rings. The number of hydrogen-bond donors (Lipinski definition) is 3. The molecular weight excluding hydrogens is 634 g/mol. The van der Waals surface area contributed by atoms with Crippen molar-refractivity contribution in [2.45, 2.75) is 95.5 Å². The molecule has 1 saturated heterocycles. The first-order valence-electron chi connectivity index (χ1n) is 16.3. The summed E-state index contributed by atoms with van der Waals surface area (Å²) in [6.07, 6.45) is 3.08. The molecule has 0 radical (unpaired) electrons. The molecule has 5 rings (SSSR count). The van der Waals surface area contributed by atoms with Crippen LogP contribution in [-0.2, 0) is 25.8 Å². The molecule has 0 bridgehead atoms. The Balaban J connectivity index is 1.29. The van der Waals surface area contributed by atoms with Gasteiger partial charge in [-0.2, -0.15) is 4.98 Å². The number of rotatable bonds is 9. The summed E-state index contributed by atoms with van der Waals surface area (Å²) < 4.78 is 37.4. The number of hydrogen-bond acceptors (Lipinski definition) is 11. The van der Waals surface area contributed by atoms with Gasteiger partial charge in [0.05, 0.1) is 21.5 Å². The highest BCUT2D eigenvalue weighted by Gasteiger charge is 2.33. The van der Waals surface area contributed by atoms with Crippen LogP contribution in [0.3, 0.4) is 0 Å². The number of aryl methyl sites for hydroxylation is 1. The Morgan fingerprint density at radius 3 is 2.35 bits per heavy atom. The summed E-state index contributed by atoms with van der Waals surface area (Å²) >= 11 is 0. The molecule has 1 aromatic heterocycles. The summed E-state index contributed by atoms with van der Waals surface area (Å²) in [6.45, 7) is 13.8. The first kappa shape index (κ1) is 34.9. The van der Waals surface area contributed by atoms with Gasteiger partial charge in [0.1, 0.15) is 30.3 Å². The molecule has 258 valence electrons. The van der Waals surface area contributed by atoms with Crippen LogP contribution >= 0.6 is 0 Å². The number of nitrogens with one attached hydrogen (secondary N) is 3. The van der Waals surface area contributed by atoms with Crippen molar-refractivity contribution in [2.75, 3.05) is 30.3 Å². The van der Waals surface area contributed by atoms with E-state index in [0.717, 1.165) is 41.8 Å². The number of benzene rings is 2. The van der Waals surface area contributed by atoms with Crippen LogP contribution in [0.4, 0.5) is 28.1 Å². The molecule has 13 nitrogen and oxygen atoms in total. The van der Waals surface area contributed by atoms with E-state index in [9.17, 15) is 18.0 Å². The van der Waals surface area contributed by atoms with E-state index >= 15 is 0 Å². The van der Waals surface area contributed by atoms with Gasteiger partial charge in [-0.25, -0.2) is 23.2 Å². The van der Waals surface area contributed by atoms with Gasteiger partial charge in [-0.15, -0.1) is 0 Å². The molecule has 3 heterocycles. The summed E-state index contributed by atoms with van der Waals surface area (Å²) in [6, 6.07) is 8.72. The third-order valence-corrected chi connectivity index (χ3v) is 10.6. The minimum Gasteiger partial charge on any atom is -0.488 e. The number of carbonyl (C=O) groups excluding carboxylic acids is 2. The summed E-state index contributed by atoms with van der Waals surface area (Å²) in [5, 5.41) is 8.32. The summed E-state index contributed by atoms with van der Waals surface area (Å²) in [4.78, 5) is 39.8. The second kappa shape index (κ2) is 14.0. The number of alkyl carbamates (subject to hydrolysis) is 1. The lowest BCUT2D eigenvalue weighted by Gasteiger charge is -2.34. The number of aromatic nitrogens is 3. The average Bonchev–Trinajstić information content (AvgIpc) is 3.41. The molecule has 14 heteroatoms. The first-order chi connectivity index (χ1) is 22.6. The molecule has 3 N–H and O–H groups in total. The van der Waals surface area contributed by atoms with Gasteiger partial charge in [-0.1, -0.05) is 12.1 Å². The highest BCUT2D eigenvalue weighted by Crippen LogP contribution is 2.45. The summed E-state index contributed by atoms with van der Waals surface area (Å²) in [5.41, 5.74) is 3.98. The van der Waals surface area contributed by atoms with Crippen LogP contribution in [0.15, 0.2) is 41.6 Å². The zero-order chi connectivity index (χ0) is 34.8. The quantitative estimate of drug-likeness (QED) is 0.265. The van der Waals surface area contributed by atoms with Crippen molar-refractivity contribution in [1.29, 1.82) is 0 Å². The van der Waals surface area contributed by atoms with Crippen molar-refractivity contribution in [1.82, 2.24) is 25.2 Å². The summed E-state index contributed by atoms with van der Waals surface area (Å²) in [5.74, 6) is 1.35. The van der Waals surface area contributed by atoms with E-state index in [1.807, 2.05) is 13.0 Å². The van der Waals surface area contributed by atoms with E-state index in [-0.39, 0.29) is 41.3 Å². The maximum atomic E-state index is 12.9. The van der Waals surface area contributed by atoms with Crippen molar-refractivity contribution in [2.24, 2.45) is 0 Å². The maximum Gasteiger partial charge on any atom is 0.408 e. The molecule has 2 amide bonds. The standard InChI is InChI=1S/C34H45N7O6S/c1-20(2)48(44,45)27-11-9-8-10-25(27)38-31-36-19-37-32(40-31)39-26-16-21(3)29(24-17-22(4)46-30(24)26)23-12-14-41(15-13-23)28(42)18-35-33(43)47-34(5,6)7/h8-11,16,19-20,22-23H,12-15,17-18H2,1-7H3,(H,35,43)(H2,36,37,38,39,40)/t22-/m1/s1. The molecule has 3 aromatic rings. The van der Waals surface area contributed by atoms with E-state index in [2.05, 4.69) is 37.8 Å². The van der Waals surface area contributed by atoms with Gasteiger partial charge in [0.15, 0.2) is 9.84 Å². The molecular formula is C34H45N7O6S. The number of likely N-dealkylation sites (tertiary alicyclic amines) is 1. The van der Waals surface area contributed by atoms with Crippen molar-refractivity contribution < 1.29 is 27.5 Å². The Hall–Kier alpha value is -4.46. The van der Waals surface area contributed by atoms with Gasteiger partial charge >= 0.3 is 6.09 Å². The number of carbonyl (C=O) groups is 2. The van der Waals surface area contributed by atoms with Crippen LogP contribution in [0, 0.1) is 6.92 Å². The molecule has 2 aromatic carbocycles. The number of piperidine rings is 1. The van der Waals surface area contributed by atoms with E-state index in [4.69, 9.17) is 9.47 Å². The van der Waals surface area contributed by atoms with Gasteiger partial charge in [-0.3, -0.25) is 4.79 Å². The van der Waals surface area contributed by atoms with E-state index in [1.165, 1.54) is 11.9 Å². The Morgan fingerprint density at radius 2 is 1.71 bits per heavy atom. The van der Waals surface area contributed by atoms with Gasteiger partial charge < -0.3 is 30.3 Å². The fourth-order valence-corrected chi connectivity index (χ4v) is 7.33. The van der Waals surface area contributed by atoms with Crippen LogP contribution in [0.1, 0.15) is 77.0 Å². The van der Waals surface area contributed by atoms with Crippen LogP contribution in [0.5, 0.6) is 5.75 Å². The molecule has 1 atom stereocenters. The Bertz CT molecular complexity index is 1780. The SMILES string of the molecule is Cc1cc(Nc2ncnc(Nc3ccccc3S(=O)(=O)C(C)C)n2)c2c(c1C1CCN(C(=O)CNC(=O)OC(C)(C)C)CC1)C[C@@H](C)O2. The van der Waals surface area contributed by atoms with Crippen molar-refractivity contribution >= 4 is 45.1 Å². The van der Waals surface area contributed by atoms with Gasteiger partial charge in [0.25, 0.3) is 0 Å². The number of anilines is 4. The lowest BCUT2D eigenvalue weighted by Crippen LogP contribution is -2.44. The Labute approximate surface area is 282 Å². The van der Waals surface area contributed by atoms with E-state index in [1.54, 1.807) is 63.8 Å².